The molecule has 0 bridgehead atoms. The highest BCUT2D eigenvalue weighted by Gasteiger charge is 2.10. The average molecular weight is 254 g/mol. The Balaban J connectivity index is 2.66. The van der Waals surface area contributed by atoms with Crippen molar-refractivity contribution < 1.29 is 13.2 Å². The van der Waals surface area contributed by atoms with Gasteiger partial charge in [-0.05, 0) is 37.5 Å². The molecule has 0 heterocycles. The molecule has 0 N–H and O–H groups in total. The maximum Gasteiger partial charge on any atom is 0.178 e. The Hall–Kier alpha value is -1.16. The van der Waals surface area contributed by atoms with E-state index in [4.69, 9.17) is 0 Å². The predicted molar refractivity (Wildman–Crippen MR) is 67.8 cm³/mol. The molecule has 0 aromatic heterocycles. The Morgan fingerprint density at radius 3 is 2.24 bits per heavy atom. The molecule has 0 amide bonds. The van der Waals surface area contributed by atoms with Crippen LogP contribution >= 0.6 is 0 Å². The van der Waals surface area contributed by atoms with E-state index in [0.717, 1.165) is 18.4 Å². The first-order valence-electron chi connectivity index (χ1n) is 5.77. The Kier molecular flexibility index (Phi) is 4.87. The van der Waals surface area contributed by atoms with Crippen molar-refractivity contribution >= 4 is 15.6 Å². The minimum atomic E-state index is -3.10. The first-order chi connectivity index (χ1) is 7.95. The molecule has 0 aliphatic heterocycles. The molecule has 17 heavy (non-hydrogen) atoms. The van der Waals surface area contributed by atoms with Crippen molar-refractivity contribution in [2.24, 2.45) is 0 Å². The summed E-state index contributed by atoms with van der Waals surface area (Å²) < 4.78 is 23.1. The number of carbonyl (C=O) groups is 1. The van der Waals surface area contributed by atoms with Gasteiger partial charge < -0.3 is 4.79 Å². The lowest BCUT2D eigenvalue weighted by molar-refractivity contribution is -0.117. The zero-order chi connectivity index (χ0) is 12.9. The smallest absolute Gasteiger partial charge is 0.178 e. The minimum absolute atomic E-state index is 0.122. The SMILES string of the molecule is CCS(=O)(=O)c1ccc(CCCC(C)=O)cc1. The van der Waals surface area contributed by atoms with E-state index in [1.807, 2.05) is 12.1 Å². The van der Waals surface area contributed by atoms with Crippen LogP contribution in [0.3, 0.4) is 0 Å². The van der Waals surface area contributed by atoms with Crippen molar-refractivity contribution in [3.8, 4) is 0 Å². The van der Waals surface area contributed by atoms with Crippen LogP contribution in [0.15, 0.2) is 29.2 Å². The molecule has 94 valence electrons. The van der Waals surface area contributed by atoms with Gasteiger partial charge in [0.15, 0.2) is 9.84 Å². The Morgan fingerprint density at radius 1 is 1.18 bits per heavy atom. The Labute approximate surface area is 103 Å². The lowest BCUT2D eigenvalue weighted by Gasteiger charge is -2.03. The van der Waals surface area contributed by atoms with Crippen LogP contribution in [-0.4, -0.2) is 20.0 Å². The molecule has 0 aliphatic carbocycles. The fourth-order valence-electron chi connectivity index (χ4n) is 1.57. The number of Topliss-reactive ketones (excluding diaryl/α,β-unsaturated/α-hetero) is 1. The van der Waals surface area contributed by atoms with Crippen LogP contribution in [0.5, 0.6) is 0 Å². The van der Waals surface area contributed by atoms with Crippen molar-refractivity contribution in [3.05, 3.63) is 29.8 Å². The topological polar surface area (TPSA) is 51.2 Å². The highest BCUT2D eigenvalue weighted by Crippen LogP contribution is 2.13. The summed E-state index contributed by atoms with van der Waals surface area (Å²) in [5, 5.41) is 0. The second-order valence-electron chi connectivity index (χ2n) is 4.10. The fourth-order valence-corrected chi connectivity index (χ4v) is 2.46. The fraction of sp³-hybridized carbons (Fsp3) is 0.462. The molecule has 0 aliphatic rings. The molecular weight excluding hydrogens is 236 g/mol. The number of rotatable bonds is 6. The van der Waals surface area contributed by atoms with Crippen LogP contribution in [0.4, 0.5) is 0 Å². The van der Waals surface area contributed by atoms with Crippen molar-refractivity contribution in [2.75, 3.05) is 5.75 Å². The van der Waals surface area contributed by atoms with Gasteiger partial charge in [0.2, 0.25) is 0 Å². The molecule has 0 radical (unpaired) electrons. The summed E-state index contributed by atoms with van der Waals surface area (Å²) in [6.07, 6.45) is 2.20. The second-order valence-corrected chi connectivity index (χ2v) is 6.38. The Morgan fingerprint density at radius 2 is 1.76 bits per heavy atom. The number of hydrogen-bond donors (Lipinski definition) is 0. The van der Waals surface area contributed by atoms with Gasteiger partial charge >= 0.3 is 0 Å². The number of ketones is 1. The third kappa shape index (κ3) is 4.30. The molecule has 0 saturated heterocycles. The summed E-state index contributed by atoms with van der Waals surface area (Å²) in [6, 6.07) is 6.93. The molecular formula is C13H18O3S. The summed E-state index contributed by atoms with van der Waals surface area (Å²) >= 11 is 0. The number of aryl methyl sites for hydroxylation is 1. The summed E-state index contributed by atoms with van der Waals surface area (Å²) in [5.41, 5.74) is 1.07. The van der Waals surface area contributed by atoms with E-state index in [9.17, 15) is 13.2 Å². The summed E-state index contributed by atoms with van der Waals surface area (Å²) in [7, 11) is -3.10. The van der Waals surface area contributed by atoms with Gasteiger partial charge in [0.1, 0.15) is 5.78 Å². The quantitative estimate of drug-likeness (QED) is 0.783. The predicted octanol–water partition coefficient (Wildman–Crippen LogP) is 2.39. The maximum atomic E-state index is 11.6. The second kappa shape index (κ2) is 5.96. The van der Waals surface area contributed by atoms with Crippen molar-refractivity contribution in [1.82, 2.24) is 0 Å². The number of carbonyl (C=O) groups excluding carboxylic acids is 1. The lowest BCUT2D eigenvalue weighted by atomic mass is 10.1. The monoisotopic (exact) mass is 254 g/mol. The normalized spacial score (nSPS) is 11.4. The molecule has 0 saturated carbocycles. The maximum absolute atomic E-state index is 11.6. The van der Waals surface area contributed by atoms with E-state index in [0.29, 0.717) is 11.3 Å². The summed E-state index contributed by atoms with van der Waals surface area (Å²) in [6.45, 7) is 3.22. The number of benzene rings is 1. The molecule has 1 aromatic carbocycles. The van der Waals surface area contributed by atoms with E-state index in [1.165, 1.54) is 0 Å². The van der Waals surface area contributed by atoms with Crippen LogP contribution in [0.25, 0.3) is 0 Å². The number of sulfone groups is 1. The largest absolute Gasteiger partial charge is 0.300 e. The van der Waals surface area contributed by atoms with Gasteiger partial charge in [-0.2, -0.15) is 0 Å². The highest BCUT2D eigenvalue weighted by atomic mass is 32.2. The van der Waals surface area contributed by atoms with E-state index in [-0.39, 0.29) is 11.5 Å². The van der Waals surface area contributed by atoms with Crippen LogP contribution in [-0.2, 0) is 21.1 Å². The van der Waals surface area contributed by atoms with Crippen molar-refractivity contribution in [3.63, 3.8) is 0 Å². The van der Waals surface area contributed by atoms with Crippen LogP contribution in [0.2, 0.25) is 0 Å². The third-order valence-corrected chi connectivity index (χ3v) is 4.41. The molecule has 0 fully saturated rings. The molecule has 0 spiro atoms. The van der Waals surface area contributed by atoms with Crippen molar-refractivity contribution in [2.45, 2.75) is 38.0 Å². The molecule has 4 heteroatoms. The standard InChI is InChI=1S/C13H18O3S/c1-3-17(15,16)13-9-7-12(8-10-13)6-4-5-11(2)14/h7-10H,3-6H2,1-2H3. The van der Waals surface area contributed by atoms with Gasteiger partial charge in [0.25, 0.3) is 0 Å². The van der Waals surface area contributed by atoms with Gasteiger partial charge in [-0.25, -0.2) is 8.42 Å². The molecule has 0 atom stereocenters. The van der Waals surface area contributed by atoms with Gasteiger partial charge in [0, 0.05) is 6.42 Å². The average Bonchev–Trinajstić information content (AvgIpc) is 2.29. The third-order valence-electron chi connectivity index (χ3n) is 2.66. The van der Waals surface area contributed by atoms with Crippen molar-refractivity contribution in [1.29, 1.82) is 0 Å². The van der Waals surface area contributed by atoms with E-state index in [1.54, 1.807) is 26.0 Å². The first kappa shape index (κ1) is 13.9. The first-order valence-corrected chi connectivity index (χ1v) is 7.42. The summed E-state index contributed by atoms with van der Waals surface area (Å²) in [5.74, 6) is 0.312. The molecule has 3 nitrogen and oxygen atoms in total. The lowest BCUT2D eigenvalue weighted by Crippen LogP contribution is -2.03. The molecule has 1 rings (SSSR count). The molecule has 1 aromatic rings. The van der Waals surface area contributed by atoms with Crippen LogP contribution < -0.4 is 0 Å². The minimum Gasteiger partial charge on any atom is -0.300 e. The zero-order valence-electron chi connectivity index (χ0n) is 10.3. The summed E-state index contributed by atoms with van der Waals surface area (Å²) in [4.78, 5) is 11.1. The van der Waals surface area contributed by atoms with E-state index in [2.05, 4.69) is 0 Å². The van der Waals surface area contributed by atoms with Crippen LogP contribution in [0.1, 0.15) is 32.3 Å². The van der Waals surface area contributed by atoms with Crippen LogP contribution in [0, 0.1) is 0 Å². The zero-order valence-corrected chi connectivity index (χ0v) is 11.1. The van der Waals surface area contributed by atoms with Gasteiger partial charge in [-0.15, -0.1) is 0 Å². The highest BCUT2D eigenvalue weighted by molar-refractivity contribution is 7.91. The van der Waals surface area contributed by atoms with E-state index >= 15 is 0 Å². The van der Waals surface area contributed by atoms with E-state index < -0.39 is 9.84 Å². The van der Waals surface area contributed by atoms with Gasteiger partial charge in [-0.1, -0.05) is 19.1 Å². The van der Waals surface area contributed by atoms with Gasteiger partial charge in [0.05, 0.1) is 10.6 Å². The number of hydrogen-bond acceptors (Lipinski definition) is 3. The Bertz CT molecular complexity index is 472. The van der Waals surface area contributed by atoms with Gasteiger partial charge in [-0.3, -0.25) is 0 Å². The molecule has 0 unspecified atom stereocenters.